The number of ether oxygens (including phenoxy) is 1. The van der Waals surface area contributed by atoms with E-state index in [1.165, 1.54) is 11.1 Å². The molecule has 2 aromatic rings. The van der Waals surface area contributed by atoms with Gasteiger partial charge in [-0.15, -0.1) is 0 Å². The molecule has 0 aliphatic carbocycles. The van der Waals surface area contributed by atoms with Crippen LogP contribution >= 0.6 is 0 Å². The number of benzene rings is 2. The SMILES string of the molecule is CCc1ccccc1OC(C)C(=O)NC(C)c1ccc(C)c(C)c1. The van der Waals surface area contributed by atoms with Gasteiger partial charge < -0.3 is 10.1 Å². The second-order valence-electron chi connectivity index (χ2n) is 6.30. The van der Waals surface area contributed by atoms with Gasteiger partial charge in [0, 0.05) is 0 Å². The number of carbonyl (C=O) groups is 1. The number of rotatable bonds is 6. The number of para-hydroxylation sites is 1. The van der Waals surface area contributed by atoms with Crippen molar-refractivity contribution in [3.05, 3.63) is 64.7 Å². The summed E-state index contributed by atoms with van der Waals surface area (Å²) < 4.78 is 5.87. The normalized spacial score (nSPS) is 13.2. The molecule has 0 aliphatic heterocycles. The molecule has 1 amide bonds. The highest BCUT2D eigenvalue weighted by molar-refractivity contribution is 5.81. The Morgan fingerprint density at radius 3 is 2.46 bits per heavy atom. The standard InChI is InChI=1S/C21H27NO2/c1-6-18-9-7-8-10-20(18)24-17(5)21(23)22-16(4)19-12-11-14(2)15(3)13-19/h7-13,16-17H,6H2,1-5H3,(H,22,23). The summed E-state index contributed by atoms with van der Waals surface area (Å²) in [5.41, 5.74) is 4.70. The van der Waals surface area contributed by atoms with Crippen LogP contribution in [0.15, 0.2) is 42.5 Å². The topological polar surface area (TPSA) is 38.3 Å². The van der Waals surface area contributed by atoms with E-state index in [1.54, 1.807) is 6.92 Å². The van der Waals surface area contributed by atoms with Gasteiger partial charge >= 0.3 is 0 Å². The predicted octanol–water partition coefficient (Wildman–Crippen LogP) is 4.51. The highest BCUT2D eigenvalue weighted by Crippen LogP contribution is 2.21. The van der Waals surface area contributed by atoms with Crippen LogP contribution in [0, 0.1) is 13.8 Å². The van der Waals surface area contributed by atoms with E-state index in [4.69, 9.17) is 4.74 Å². The van der Waals surface area contributed by atoms with Gasteiger partial charge in [0.1, 0.15) is 5.75 Å². The molecule has 1 N–H and O–H groups in total. The van der Waals surface area contributed by atoms with Crippen molar-refractivity contribution in [3.8, 4) is 5.75 Å². The number of hydrogen-bond donors (Lipinski definition) is 1. The third-order valence-corrected chi connectivity index (χ3v) is 4.42. The Hall–Kier alpha value is -2.29. The lowest BCUT2D eigenvalue weighted by molar-refractivity contribution is -0.127. The van der Waals surface area contributed by atoms with Crippen molar-refractivity contribution in [3.63, 3.8) is 0 Å². The van der Waals surface area contributed by atoms with E-state index in [2.05, 4.69) is 44.3 Å². The molecule has 2 unspecified atom stereocenters. The monoisotopic (exact) mass is 325 g/mol. The number of amides is 1. The molecule has 0 fully saturated rings. The zero-order valence-electron chi connectivity index (χ0n) is 15.2. The van der Waals surface area contributed by atoms with Crippen LogP contribution in [-0.2, 0) is 11.2 Å². The fraction of sp³-hybridized carbons (Fsp3) is 0.381. The largest absolute Gasteiger partial charge is 0.481 e. The average molecular weight is 325 g/mol. The molecule has 0 spiro atoms. The molecule has 0 aliphatic rings. The summed E-state index contributed by atoms with van der Waals surface area (Å²) in [4.78, 5) is 12.4. The van der Waals surface area contributed by atoms with Gasteiger partial charge in [-0.3, -0.25) is 4.79 Å². The Kier molecular flexibility index (Phi) is 6.02. The van der Waals surface area contributed by atoms with Gasteiger partial charge in [-0.2, -0.15) is 0 Å². The fourth-order valence-electron chi connectivity index (χ4n) is 2.60. The van der Waals surface area contributed by atoms with Crippen LogP contribution in [0.1, 0.15) is 49.1 Å². The van der Waals surface area contributed by atoms with Crippen LogP contribution in [0.5, 0.6) is 5.75 Å². The van der Waals surface area contributed by atoms with Crippen molar-refractivity contribution in [2.45, 2.75) is 53.2 Å². The molecule has 2 rings (SSSR count). The van der Waals surface area contributed by atoms with Gasteiger partial charge in [-0.1, -0.05) is 43.3 Å². The lowest BCUT2D eigenvalue weighted by Gasteiger charge is -2.20. The van der Waals surface area contributed by atoms with Crippen molar-refractivity contribution in [1.29, 1.82) is 0 Å². The Morgan fingerprint density at radius 2 is 1.79 bits per heavy atom. The molecule has 3 nitrogen and oxygen atoms in total. The molecule has 3 heteroatoms. The highest BCUT2D eigenvalue weighted by atomic mass is 16.5. The molecule has 2 aromatic carbocycles. The third kappa shape index (κ3) is 4.38. The molecular weight excluding hydrogens is 298 g/mol. The highest BCUT2D eigenvalue weighted by Gasteiger charge is 2.18. The summed E-state index contributed by atoms with van der Waals surface area (Å²) >= 11 is 0. The van der Waals surface area contributed by atoms with E-state index in [0.29, 0.717) is 0 Å². The number of aryl methyl sites for hydroxylation is 3. The smallest absolute Gasteiger partial charge is 0.261 e. The Morgan fingerprint density at radius 1 is 1.08 bits per heavy atom. The Labute approximate surface area is 145 Å². The van der Waals surface area contributed by atoms with Crippen LogP contribution in [-0.4, -0.2) is 12.0 Å². The van der Waals surface area contributed by atoms with Gasteiger partial charge in [-0.05, 0) is 62.4 Å². The summed E-state index contributed by atoms with van der Waals surface area (Å²) in [6.07, 6.45) is 0.343. The predicted molar refractivity (Wildman–Crippen MR) is 98.4 cm³/mol. The van der Waals surface area contributed by atoms with Crippen molar-refractivity contribution < 1.29 is 9.53 Å². The van der Waals surface area contributed by atoms with Crippen LogP contribution in [0.2, 0.25) is 0 Å². The zero-order chi connectivity index (χ0) is 17.7. The van der Waals surface area contributed by atoms with Crippen LogP contribution in [0.4, 0.5) is 0 Å². The lowest BCUT2D eigenvalue weighted by atomic mass is 10.0. The maximum atomic E-state index is 12.4. The molecule has 0 saturated heterocycles. The van der Waals surface area contributed by atoms with Crippen LogP contribution in [0.3, 0.4) is 0 Å². The first-order chi connectivity index (χ1) is 11.4. The van der Waals surface area contributed by atoms with Crippen molar-refractivity contribution in [2.75, 3.05) is 0 Å². The second kappa shape index (κ2) is 8.00. The van der Waals surface area contributed by atoms with E-state index >= 15 is 0 Å². The molecule has 0 bridgehead atoms. The van der Waals surface area contributed by atoms with Crippen molar-refractivity contribution in [2.24, 2.45) is 0 Å². The molecule has 0 saturated carbocycles. The van der Waals surface area contributed by atoms with Crippen LogP contribution < -0.4 is 10.1 Å². The number of nitrogens with one attached hydrogen (secondary N) is 1. The number of carbonyl (C=O) groups excluding carboxylic acids is 1. The summed E-state index contributed by atoms with van der Waals surface area (Å²) in [6.45, 7) is 10.0. The average Bonchev–Trinajstić information content (AvgIpc) is 2.57. The lowest BCUT2D eigenvalue weighted by Crippen LogP contribution is -2.37. The summed E-state index contributed by atoms with van der Waals surface area (Å²) in [5.74, 6) is 0.674. The van der Waals surface area contributed by atoms with Gasteiger partial charge in [0.25, 0.3) is 5.91 Å². The van der Waals surface area contributed by atoms with Gasteiger partial charge in [0.05, 0.1) is 6.04 Å². The molecule has 0 radical (unpaired) electrons. The van der Waals surface area contributed by atoms with E-state index in [-0.39, 0.29) is 11.9 Å². The van der Waals surface area contributed by atoms with Crippen molar-refractivity contribution in [1.82, 2.24) is 5.32 Å². The zero-order valence-corrected chi connectivity index (χ0v) is 15.2. The first-order valence-electron chi connectivity index (χ1n) is 8.54. The summed E-state index contributed by atoms with van der Waals surface area (Å²) in [6, 6.07) is 14.1. The van der Waals surface area contributed by atoms with E-state index in [0.717, 1.165) is 23.3 Å². The molecule has 0 aromatic heterocycles. The van der Waals surface area contributed by atoms with Crippen molar-refractivity contribution >= 4 is 5.91 Å². The Bertz CT molecular complexity index is 709. The maximum Gasteiger partial charge on any atom is 0.261 e. The van der Waals surface area contributed by atoms with Gasteiger partial charge in [0.15, 0.2) is 6.10 Å². The molecule has 24 heavy (non-hydrogen) atoms. The van der Waals surface area contributed by atoms with Crippen LogP contribution in [0.25, 0.3) is 0 Å². The van der Waals surface area contributed by atoms with E-state index < -0.39 is 6.10 Å². The number of hydrogen-bond acceptors (Lipinski definition) is 2. The fourth-order valence-corrected chi connectivity index (χ4v) is 2.60. The first-order valence-corrected chi connectivity index (χ1v) is 8.54. The minimum absolute atomic E-state index is 0.0516. The summed E-state index contributed by atoms with van der Waals surface area (Å²) in [5, 5.41) is 3.04. The molecule has 0 heterocycles. The molecular formula is C21H27NO2. The molecule has 2 atom stereocenters. The maximum absolute atomic E-state index is 12.4. The first kappa shape index (κ1) is 18.1. The molecule has 128 valence electrons. The van der Waals surface area contributed by atoms with Gasteiger partial charge in [0.2, 0.25) is 0 Å². The van der Waals surface area contributed by atoms with Gasteiger partial charge in [-0.25, -0.2) is 0 Å². The quantitative estimate of drug-likeness (QED) is 0.848. The minimum Gasteiger partial charge on any atom is -0.481 e. The van der Waals surface area contributed by atoms with E-state index in [1.807, 2.05) is 31.2 Å². The Balaban J connectivity index is 2.01. The second-order valence-corrected chi connectivity index (χ2v) is 6.30. The third-order valence-electron chi connectivity index (χ3n) is 4.42. The summed E-state index contributed by atoms with van der Waals surface area (Å²) in [7, 11) is 0. The minimum atomic E-state index is -0.535. The van der Waals surface area contributed by atoms with E-state index in [9.17, 15) is 4.79 Å².